The molecule has 516 valence electrons. The molecule has 9 heterocycles. The lowest BCUT2D eigenvalue weighted by atomic mass is 10.0. The highest BCUT2D eigenvalue weighted by Gasteiger charge is 2.55. The van der Waals surface area contributed by atoms with Crippen molar-refractivity contribution in [2.45, 2.75) is 126 Å². The Morgan fingerprint density at radius 1 is 0.596 bits per heavy atom. The highest BCUT2D eigenvalue weighted by Crippen LogP contribution is 2.42. The van der Waals surface area contributed by atoms with Gasteiger partial charge in [-0.05, 0) is 115 Å². The molecule has 94 heavy (non-hydrogen) atoms. The summed E-state index contributed by atoms with van der Waals surface area (Å²) in [6.45, 7) is 11.5. The van der Waals surface area contributed by atoms with E-state index < -0.39 is 74.8 Å². The first kappa shape index (κ1) is 73.0. The number of nitrogens with one attached hydrogen (secondary N) is 5. The minimum atomic E-state index is -4.52. The van der Waals surface area contributed by atoms with Crippen LogP contribution in [0.2, 0.25) is 0 Å². The third-order valence-electron chi connectivity index (χ3n) is 18.0. The van der Waals surface area contributed by atoms with Gasteiger partial charge in [0, 0.05) is 148 Å². The van der Waals surface area contributed by atoms with Crippen molar-refractivity contribution in [2.24, 2.45) is 0 Å². The van der Waals surface area contributed by atoms with Crippen LogP contribution in [-0.2, 0) is 71.6 Å². The molecule has 8 aliphatic rings. The van der Waals surface area contributed by atoms with Crippen LogP contribution in [0.5, 0.6) is 0 Å². The van der Waals surface area contributed by atoms with E-state index in [4.69, 9.17) is 18.9 Å². The Morgan fingerprint density at radius 2 is 1.06 bits per heavy atom. The highest BCUT2D eigenvalue weighted by molar-refractivity contribution is 9.11. The zero-order valence-corrected chi connectivity index (χ0v) is 59.6. The predicted octanol–water partition coefficient (Wildman–Crippen LogP) is 7.44. The summed E-state index contributed by atoms with van der Waals surface area (Å²) in [6, 6.07) is 17.6. The van der Waals surface area contributed by atoms with E-state index in [1.165, 1.54) is 45.9 Å². The van der Waals surface area contributed by atoms with Crippen LogP contribution in [0, 0.1) is 12.7 Å². The number of piperidine rings is 4. The number of carbonyl (C=O) groups excluding carboxylic acids is 1. The number of Topliss-reactive ketones (excluding diaryl/α,β-unsaturated/α-hetero) is 1. The number of imidazole rings is 1. The molecule has 8 saturated heterocycles. The second-order valence-electron chi connectivity index (χ2n) is 24.0. The van der Waals surface area contributed by atoms with Crippen LogP contribution in [0.25, 0.3) is 0 Å². The molecule has 23 nitrogen and oxygen atoms in total. The largest absolute Gasteiger partial charge is 0.416 e. The molecule has 4 spiro atoms. The van der Waals surface area contributed by atoms with Crippen LogP contribution < -0.4 is 21.3 Å². The zero-order valence-electron chi connectivity index (χ0n) is 51.5. The van der Waals surface area contributed by atoms with Gasteiger partial charge < -0.3 is 29.2 Å². The molecule has 1 unspecified atom stereocenters. The van der Waals surface area contributed by atoms with E-state index in [1.807, 2.05) is 13.0 Å². The molecule has 8 fully saturated rings. The van der Waals surface area contributed by atoms with Crippen molar-refractivity contribution in [1.82, 2.24) is 48.5 Å². The molecule has 0 saturated carbocycles. The summed E-state index contributed by atoms with van der Waals surface area (Å²) in [5.74, 6) is -0.833. The monoisotopic (exact) mass is 1580 g/mol. The number of H-pyrrole nitrogens is 1. The van der Waals surface area contributed by atoms with Crippen LogP contribution in [0.1, 0.15) is 85.5 Å². The maximum atomic E-state index is 13.9. The number of aryl methyl sites for hydroxylation is 1. The first-order valence-corrected chi connectivity index (χ1v) is 38.8. The number of alkyl halides is 3. The number of hydrogen-bond donors (Lipinski definition) is 5. The Morgan fingerprint density at radius 3 is 1.49 bits per heavy atom. The summed E-state index contributed by atoms with van der Waals surface area (Å²) in [5, 5.41) is 13.1. The van der Waals surface area contributed by atoms with Crippen LogP contribution in [0.3, 0.4) is 0 Å². The van der Waals surface area contributed by atoms with Crippen LogP contribution >= 0.6 is 47.8 Å². The van der Waals surface area contributed by atoms with Gasteiger partial charge in [0.05, 0.1) is 59.0 Å². The molecule has 0 aliphatic carbocycles. The molecular weight excluding hydrogens is 1510 g/mol. The Labute approximate surface area is 570 Å². The number of nitrogens with zero attached hydrogens (tertiary/aromatic N) is 5. The second-order valence-corrected chi connectivity index (χ2v) is 34.2. The van der Waals surface area contributed by atoms with E-state index in [2.05, 4.69) is 79.0 Å². The van der Waals surface area contributed by atoms with Crippen LogP contribution in [-0.4, -0.2) is 194 Å². The summed E-state index contributed by atoms with van der Waals surface area (Å²) in [6.07, 6.45) is 4.01. The average molecular weight is 1590 g/mol. The summed E-state index contributed by atoms with van der Waals surface area (Å²) in [7, 11) is -14.9. The fourth-order valence-electron chi connectivity index (χ4n) is 12.9. The minimum Gasteiger partial charge on any atom is -0.359 e. The summed E-state index contributed by atoms with van der Waals surface area (Å²) in [5.41, 5.74) is -0.786. The van der Waals surface area contributed by atoms with E-state index in [0.717, 1.165) is 53.6 Å². The molecule has 5 aromatic rings. The molecule has 8 aliphatic heterocycles. The first-order valence-electron chi connectivity index (χ1n) is 30.7. The number of carbonyl (C=O) groups is 1. The normalized spacial score (nSPS) is 22.5. The van der Waals surface area contributed by atoms with E-state index in [9.17, 15) is 56.0 Å². The van der Waals surface area contributed by atoms with Gasteiger partial charge in [0.2, 0.25) is 40.1 Å². The van der Waals surface area contributed by atoms with E-state index in [-0.39, 0.29) is 49.8 Å². The van der Waals surface area contributed by atoms with Crippen LogP contribution in [0.15, 0.2) is 124 Å². The highest BCUT2D eigenvalue weighted by atomic mass is 79.9. The molecular formula is C60H75Br3F4N10O13S4. The van der Waals surface area contributed by atoms with Gasteiger partial charge >= 0.3 is 6.18 Å². The number of rotatable bonds is 11. The summed E-state index contributed by atoms with van der Waals surface area (Å²) >= 11 is 9.45. The van der Waals surface area contributed by atoms with Crippen molar-refractivity contribution < 1.29 is 75.0 Å². The lowest BCUT2D eigenvalue weighted by Crippen LogP contribution is -2.56. The minimum absolute atomic E-state index is 0.0900. The molecule has 0 amide bonds. The number of ether oxygens (including phenoxy) is 4. The topological polar surface area (TPSA) is 280 Å². The number of halogens is 7. The standard InChI is InChI=1S/C19H24N4O4S.C14H16BrF3N2O3S.C14H19BrN2O3S.C13H16BrFN2O3S/c1-14(24)15-2-4-18(5-3-15)28(25,26)23-17(10-16-11-21-13-22-16)12-27-19(23)6-8-20-9-7-19;15-11-9-10(14(16,17)18)1-2-12(11)24(21,22)20-6-3-13(4-7-20)19-5-8-23-13;1-11-10-12(15)2-3-13(11)21(18,19)17-7-4-14(5-8-17)16-6-9-20-14;14-10-1-2-12(11(15)9-10)21(18,19)17-6-3-13(4-7-17)16-5-8-20-13/h2-5,11,13,17,20H,6-10,12H2,1H3,(H,21,22);1-2,9,19H,3-8H2;2-3,10,16H,4-9H2,1H3;1-2,9,16H,3-8H2. The van der Waals surface area contributed by atoms with Crippen molar-refractivity contribution in [3.63, 3.8) is 0 Å². The first-order chi connectivity index (χ1) is 44.4. The Balaban J connectivity index is 0.000000138. The average Bonchev–Trinajstić information content (AvgIpc) is 1.54. The van der Waals surface area contributed by atoms with Crippen molar-refractivity contribution in [3.8, 4) is 0 Å². The van der Waals surface area contributed by atoms with Crippen molar-refractivity contribution in [1.29, 1.82) is 0 Å². The SMILES string of the molecule is CC(=O)c1ccc(S(=O)(=O)N2C(Cc3cnc[nH]3)COC23CCNCC3)cc1.Cc1cc(Br)ccc1S(=O)(=O)N1CCC2(CC1)NCCO2.O=S(=O)(c1ccc(Br)cc1F)N1CCC2(CC1)NCCO2.O=S(=O)(c1ccc(C(F)(F)F)cc1Br)N1CCC2(CC1)NCCO2. The molecule has 13 rings (SSSR count). The maximum absolute atomic E-state index is 13.9. The number of sulfonamides is 4. The van der Waals surface area contributed by atoms with Gasteiger partial charge in [-0.15, -0.1) is 0 Å². The van der Waals surface area contributed by atoms with Crippen molar-refractivity contribution in [3.05, 3.63) is 133 Å². The number of aromatic nitrogens is 2. The number of hydrogen-bond acceptors (Lipinski definition) is 18. The van der Waals surface area contributed by atoms with Gasteiger partial charge in [0.15, 0.2) is 5.78 Å². The summed E-state index contributed by atoms with van der Waals surface area (Å²) in [4.78, 5) is 18.8. The van der Waals surface area contributed by atoms with Gasteiger partial charge in [-0.25, -0.2) is 43.0 Å². The van der Waals surface area contributed by atoms with Gasteiger partial charge in [0.25, 0.3) is 0 Å². The fourth-order valence-corrected chi connectivity index (χ4v) is 21.3. The number of ketones is 1. The summed E-state index contributed by atoms with van der Waals surface area (Å²) < 4.78 is 186. The third kappa shape index (κ3) is 16.3. The Bertz CT molecular complexity index is 3830. The van der Waals surface area contributed by atoms with E-state index >= 15 is 0 Å². The predicted molar refractivity (Wildman–Crippen MR) is 348 cm³/mol. The lowest BCUT2D eigenvalue weighted by molar-refractivity contribution is -0.137. The van der Waals surface area contributed by atoms with Gasteiger partial charge in [-0.2, -0.15) is 30.4 Å². The number of benzene rings is 4. The van der Waals surface area contributed by atoms with Gasteiger partial charge in [-0.3, -0.25) is 20.7 Å². The lowest BCUT2D eigenvalue weighted by Gasteiger charge is -2.41. The second kappa shape index (κ2) is 29.6. The zero-order chi connectivity index (χ0) is 67.5. The fraction of sp³-hybridized carbons (Fsp3) is 0.533. The Hall–Kier alpha value is -3.76. The van der Waals surface area contributed by atoms with Gasteiger partial charge in [-0.1, -0.05) is 44.0 Å². The van der Waals surface area contributed by atoms with Crippen molar-refractivity contribution in [2.75, 3.05) is 98.4 Å². The van der Waals surface area contributed by atoms with E-state index in [0.29, 0.717) is 138 Å². The molecule has 5 N–H and O–H groups in total. The molecule has 34 heteroatoms. The molecule has 4 aromatic carbocycles. The van der Waals surface area contributed by atoms with Gasteiger partial charge in [0.1, 0.15) is 33.6 Å². The Kier molecular flexibility index (Phi) is 23.0. The molecule has 1 atom stereocenters. The smallest absolute Gasteiger partial charge is 0.359 e. The third-order valence-corrected chi connectivity index (χ3v) is 27.9. The molecule has 0 bridgehead atoms. The number of aromatic amines is 1. The molecule has 1 aromatic heterocycles. The van der Waals surface area contributed by atoms with Crippen LogP contribution in [0.4, 0.5) is 17.6 Å². The molecule has 0 radical (unpaired) electrons. The van der Waals surface area contributed by atoms with Crippen molar-refractivity contribution >= 4 is 93.7 Å². The van der Waals surface area contributed by atoms with E-state index in [1.54, 1.807) is 45.4 Å². The quantitative estimate of drug-likeness (QED) is 0.0634. The maximum Gasteiger partial charge on any atom is 0.416 e.